The molecule has 8 heteroatoms. The molecular weight excluding hydrogens is 412 g/mol. The fourth-order valence-corrected chi connectivity index (χ4v) is 3.70. The Kier molecular flexibility index (Phi) is 7.83. The Bertz CT molecular complexity index is 915. The van der Waals surface area contributed by atoms with Crippen LogP contribution in [0.3, 0.4) is 0 Å². The molecule has 1 aliphatic heterocycles. The second kappa shape index (κ2) is 10.8. The van der Waals surface area contributed by atoms with Gasteiger partial charge >= 0.3 is 0 Å². The van der Waals surface area contributed by atoms with E-state index in [1.807, 2.05) is 55.5 Å². The van der Waals surface area contributed by atoms with Crippen molar-refractivity contribution in [3.8, 4) is 5.75 Å². The summed E-state index contributed by atoms with van der Waals surface area (Å²) in [6.07, 6.45) is 0.941. The first-order valence-electron chi connectivity index (χ1n) is 10.5. The molecule has 1 unspecified atom stereocenters. The molecule has 0 radical (unpaired) electrons. The number of ether oxygens (including phenoxy) is 1. The summed E-state index contributed by atoms with van der Waals surface area (Å²) < 4.78 is 5.45. The van der Waals surface area contributed by atoms with Gasteiger partial charge in [0.15, 0.2) is 5.11 Å². The highest BCUT2D eigenvalue weighted by atomic mass is 32.1. The second-order valence-electron chi connectivity index (χ2n) is 7.19. The van der Waals surface area contributed by atoms with Gasteiger partial charge in [-0.1, -0.05) is 19.1 Å². The van der Waals surface area contributed by atoms with E-state index in [1.165, 1.54) is 5.56 Å². The third-order valence-electron chi connectivity index (χ3n) is 5.03. The van der Waals surface area contributed by atoms with Gasteiger partial charge in [0.05, 0.1) is 13.0 Å². The average molecular weight is 441 g/mol. The minimum absolute atomic E-state index is 0.00641. The molecule has 3 rings (SSSR count). The summed E-state index contributed by atoms with van der Waals surface area (Å²) >= 11 is 5.55. The largest absolute Gasteiger partial charge is 0.494 e. The maximum absolute atomic E-state index is 12.6. The molecule has 1 heterocycles. The SMILES string of the molecule is CCOc1ccc(NC(=S)N2CCNC(=O)C2CC(=O)Nc2ccc(CC)cc2)cc1. The third-order valence-corrected chi connectivity index (χ3v) is 5.37. The number of piperazine rings is 1. The van der Waals surface area contributed by atoms with Crippen molar-refractivity contribution in [3.63, 3.8) is 0 Å². The highest BCUT2D eigenvalue weighted by Gasteiger charge is 2.33. The third kappa shape index (κ3) is 6.18. The molecule has 3 N–H and O–H groups in total. The van der Waals surface area contributed by atoms with Crippen LogP contribution < -0.4 is 20.7 Å². The van der Waals surface area contributed by atoms with Gasteiger partial charge in [0.1, 0.15) is 11.8 Å². The van der Waals surface area contributed by atoms with Crippen LogP contribution in [0.25, 0.3) is 0 Å². The van der Waals surface area contributed by atoms with E-state index in [9.17, 15) is 9.59 Å². The van der Waals surface area contributed by atoms with Crippen LogP contribution in [0.5, 0.6) is 5.75 Å². The number of hydrogen-bond acceptors (Lipinski definition) is 4. The topological polar surface area (TPSA) is 82.7 Å². The lowest BCUT2D eigenvalue weighted by molar-refractivity contribution is -0.130. The van der Waals surface area contributed by atoms with E-state index < -0.39 is 6.04 Å². The van der Waals surface area contributed by atoms with E-state index in [4.69, 9.17) is 17.0 Å². The van der Waals surface area contributed by atoms with Crippen LogP contribution in [0.4, 0.5) is 11.4 Å². The van der Waals surface area contributed by atoms with Gasteiger partial charge < -0.3 is 25.6 Å². The molecule has 0 saturated carbocycles. The van der Waals surface area contributed by atoms with Crippen molar-refractivity contribution in [3.05, 3.63) is 54.1 Å². The number of nitrogens with one attached hydrogen (secondary N) is 3. The zero-order valence-electron chi connectivity index (χ0n) is 17.8. The quantitative estimate of drug-likeness (QED) is 0.574. The van der Waals surface area contributed by atoms with Crippen molar-refractivity contribution in [1.29, 1.82) is 0 Å². The fraction of sp³-hybridized carbons (Fsp3) is 0.348. The fourth-order valence-electron chi connectivity index (χ4n) is 3.37. The number of carbonyl (C=O) groups is 2. The van der Waals surface area contributed by atoms with Gasteiger partial charge in [0.25, 0.3) is 0 Å². The van der Waals surface area contributed by atoms with Crippen molar-refractivity contribution in [2.75, 3.05) is 30.3 Å². The minimum Gasteiger partial charge on any atom is -0.494 e. The summed E-state index contributed by atoms with van der Waals surface area (Å²) in [7, 11) is 0. The number of amides is 2. The van der Waals surface area contributed by atoms with Gasteiger partial charge in [-0.15, -0.1) is 0 Å². The molecule has 1 atom stereocenters. The maximum atomic E-state index is 12.6. The van der Waals surface area contributed by atoms with Crippen LogP contribution in [0, 0.1) is 0 Å². The van der Waals surface area contributed by atoms with Gasteiger partial charge in [-0.05, 0) is 67.5 Å². The van der Waals surface area contributed by atoms with E-state index in [-0.39, 0.29) is 18.2 Å². The monoisotopic (exact) mass is 440 g/mol. The number of carbonyl (C=O) groups excluding carboxylic acids is 2. The highest BCUT2D eigenvalue weighted by Crippen LogP contribution is 2.18. The smallest absolute Gasteiger partial charge is 0.243 e. The first-order chi connectivity index (χ1) is 15.0. The molecule has 0 spiro atoms. The molecule has 2 aromatic rings. The Morgan fingerprint density at radius 1 is 1.10 bits per heavy atom. The van der Waals surface area contributed by atoms with E-state index in [0.29, 0.717) is 30.5 Å². The van der Waals surface area contributed by atoms with Crippen molar-refractivity contribution in [2.45, 2.75) is 32.7 Å². The first kappa shape index (κ1) is 22.6. The molecule has 0 aromatic heterocycles. The van der Waals surface area contributed by atoms with Gasteiger partial charge in [-0.25, -0.2) is 0 Å². The van der Waals surface area contributed by atoms with Crippen molar-refractivity contribution >= 4 is 40.5 Å². The Morgan fingerprint density at radius 2 is 1.74 bits per heavy atom. The Morgan fingerprint density at radius 3 is 2.39 bits per heavy atom. The van der Waals surface area contributed by atoms with Crippen LogP contribution in [-0.4, -0.2) is 47.6 Å². The second-order valence-corrected chi connectivity index (χ2v) is 7.58. The normalized spacial score (nSPS) is 15.7. The number of nitrogens with zero attached hydrogens (tertiary/aromatic N) is 1. The number of hydrogen-bond donors (Lipinski definition) is 3. The summed E-state index contributed by atoms with van der Waals surface area (Å²) in [6.45, 7) is 5.60. The predicted molar refractivity (Wildman–Crippen MR) is 126 cm³/mol. The molecule has 164 valence electrons. The molecule has 31 heavy (non-hydrogen) atoms. The zero-order valence-corrected chi connectivity index (χ0v) is 18.6. The standard InChI is InChI=1S/C23H28N4O3S/c1-3-16-5-7-17(8-6-16)25-21(28)15-20-22(29)24-13-14-27(20)23(31)26-18-9-11-19(12-10-18)30-4-2/h5-12,20H,3-4,13-15H2,1-2H3,(H,24,29)(H,25,28)(H,26,31). The lowest BCUT2D eigenvalue weighted by atomic mass is 10.1. The molecule has 1 fully saturated rings. The Hall–Kier alpha value is -3.13. The van der Waals surface area contributed by atoms with Crippen LogP contribution in [0.2, 0.25) is 0 Å². The van der Waals surface area contributed by atoms with Gasteiger partial charge in [-0.2, -0.15) is 0 Å². The Labute approximate surface area is 188 Å². The predicted octanol–water partition coefficient (Wildman–Crippen LogP) is 3.17. The number of aryl methyl sites for hydroxylation is 1. The molecule has 2 amide bonds. The number of anilines is 2. The van der Waals surface area contributed by atoms with Crippen molar-refractivity contribution in [2.24, 2.45) is 0 Å². The summed E-state index contributed by atoms with van der Waals surface area (Å²) in [4.78, 5) is 26.9. The summed E-state index contributed by atoms with van der Waals surface area (Å²) in [5, 5.41) is 9.25. The van der Waals surface area contributed by atoms with Crippen LogP contribution >= 0.6 is 12.2 Å². The maximum Gasteiger partial charge on any atom is 0.243 e. The van der Waals surface area contributed by atoms with Gasteiger partial charge in [-0.3, -0.25) is 9.59 Å². The average Bonchev–Trinajstić information content (AvgIpc) is 2.77. The number of benzene rings is 2. The molecule has 0 bridgehead atoms. The molecule has 7 nitrogen and oxygen atoms in total. The van der Waals surface area contributed by atoms with Crippen LogP contribution in [0.1, 0.15) is 25.8 Å². The molecule has 1 saturated heterocycles. The van der Waals surface area contributed by atoms with E-state index in [1.54, 1.807) is 4.90 Å². The summed E-state index contributed by atoms with van der Waals surface area (Å²) in [5.41, 5.74) is 2.69. The number of thiocarbonyl (C=S) groups is 1. The molecule has 1 aliphatic rings. The lowest BCUT2D eigenvalue weighted by Gasteiger charge is -2.36. The molecule has 2 aromatic carbocycles. The lowest BCUT2D eigenvalue weighted by Crippen LogP contribution is -2.58. The van der Waals surface area contributed by atoms with E-state index in [2.05, 4.69) is 22.9 Å². The number of rotatable bonds is 7. The summed E-state index contributed by atoms with van der Waals surface area (Å²) in [6, 6.07) is 14.5. The zero-order chi connectivity index (χ0) is 22.2. The van der Waals surface area contributed by atoms with E-state index in [0.717, 1.165) is 17.9 Å². The molecule has 0 aliphatic carbocycles. The van der Waals surface area contributed by atoms with E-state index >= 15 is 0 Å². The highest BCUT2D eigenvalue weighted by molar-refractivity contribution is 7.80. The van der Waals surface area contributed by atoms with Gasteiger partial charge in [0, 0.05) is 24.5 Å². The Balaban J connectivity index is 1.63. The molecular formula is C23H28N4O3S. The van der Waals surface area contributed by atoms with Crippen molar-refractivity contribution < 1.29 is 14.3 Å². The van der Waals surface area contributed by atoms with Crippen LogP contribution in [0.15, 0.2) is 48.5 Å². The first-order valence-corrected chi connectivity index (χ1v) is 10.9. The van der Waals surface area contributed by atoms with Gasteiger partial charge in [0.2, 0.25) is 11.8 Å². The van der Waals surface area contributed by atoms with Crippen LogP contribution in [-0.2, 0) is 16.0 Å². The van der Waals surface area contributed by atoms with Crippen molar-refractivity contribution in [1.82, 2.24) is 10.2 Å². The minimum atomic E-state index is -0.675. The summed E-state index contributed by atoms with van der Waals surface area (Å²) in [5.74, 6) is 0.330.